The van der Waals surface area contributed by atoms with Crippen molar-refractivity contribution in [1.82, 2.24) is 9.80 Å². The first kappa shape index (κ1) is 18.2. The summed E-state index contributed by atoms with van der Waals surface area (Å²) in [4.78, 5) is 27.9. The van der Waals surface area contributed by atoms with Crippen molar-refractivity contribution in [2.75, 3.05) is 26.2 Å². The number of rotatable bonds is 5. The molecule has 2 amide bonds. The number of para-hydroxylation sites is 1. The van der Waals surface area contributed by atoms with Gasteiger partial charge in [-0.05, 0) is 18.1 Å². The first-order chi connectivity index (χ1) is 11.4. The van der Waals surface area contributed by atoms with Crippen LogP contribution in [-0.2, 0) is 4.79 Å². The number of hydrogen-bond donors (Lipinski definition) is 0. The Morgan fingerprint density at radius 1 is 1.08 bits per heavy atom. The van der Waals surface area contributed by atoms with Crippen LogP contribution in [0.25, 0.3) is 0 Å². The molecule has 0 spiro atoms. The van der Waals surface area contributed by atoms with E-state index >= 15 is 0 Å². The van der Waals surface area contributed by atoms with Gasteiger partial charge in [0, 0.05) is 32.6 Å². The van der Waals surface area contributed by atoms with Gasteiger partial charge in [-0.15, -0.1) is 0 Å². The third-order valence-corrected chi connectivity index (χ3v) is 3.84. The van der Waals surface area contributed by atoms with Crippen molar-refractivity contribution in [3.8, 4) is 5.75 Å². The van der Waals surface area contributed by atoms with E-state index in [1.165, 1.54) is 18.2 Å². The minimum atomic E-state index is -2.98. The fourth-order valence-corrected chi connectivity index (χ4v) is 2.65. The van der Waals surface area contributed by atoms with Crippen LogP contribution in [0.5, 0.6) is 5.75 Å². The Labute approximate surface area is 140 Å². The SMILES string of the molecule is CC(C)CC(=O)N1CCN(C(=O)c2ccccc2OC(F)F)CC1. The lowest BCUT2D eigenvalue weighted by Gasteiger charge is -2.35. The summed E-state index contributed by atoms with van der Waals surface area (Å²) in [6.45, 7) is 2.65. The zero-order valence-corrected chi connectivity index (χ0v) is 13.9. The van der Waals surface area contributed by atoms with Crippen LogP contribution in [0.1, 0.15) is 30.6 Å². The van der Waals surface area contributed by atoms with Gasteiger partial charge in [0.2, 0.25) is 5.91 Å². The zero-order chi connectivity index (χ0) is 17.7. The Morgan fingerprint density at radius 3 is 2.25 bits per heavy atom. The Morgan fingerprint density at radius 2 is 1.67 bits per heavy atom. The molecule has 1 aliphatic heterocycles. The summed E-state index contributed by atoms with van der Waals surface area (Å²) in [5, 5.41) is 0. The lowest BCUT2D eigenvalue weighted by atomic mass is 10.1. The van der Waals surface area contributed by atoms with Gasteiger partial charge in [0.25, 0.3) is 5.91 Å². The summed E-state index contributed by atoms with van der Waals surface area (Å²) >= 11 is 0. The first-order valence-corrected chi connectivity index (χ1v) is 7.99. The summed E-state index contributed by atoms with van der Waals surface area (Å²) in [6, 6.07) is 5.96. The lowest BCUT2D eigenvalue weighted by molar-refractivity contribution is -0.133. The van der Waals surface area contributed by atoms with E-state index in [0.717, 1.165) is 0 Å². The highest BCUT2D eigenvalue weighted by atomic mass is 19.3. The van der Waals surface area contributed by atoms with Crippen molar-refractivity contribution in [2.24, 2.45) is 5.92 Å². The maximum Gasteiger partial charge on any atom is 0.387 e. The first-order valence-electron chi connectivity index (χ1n) is 7.99. The molecule has 0 aliphatic carbocycles. The summed E-state index contributed by atoms with van der Waals surface area (Å²) in [7, 11) is 0. The van der Waals surface area contributed by atoms with Crippen molar-refractivity contribution in [3.05, 3.63) is 29.8 Å². The molecule has 1 aromatic carbocycles. The molecular weight excluding hydrogens is 318 g/mol. The molecule has 2 rings (SSSR count). The molecule has 1 aliphatic rings. The van der Waals surface area contributed by atoms with Gasteiger partial charge in [0.1, 0.15) is 5.75 Å². The molecule has 0 bridgehead atoms. The maximum absolute atomic E-state index is 12.6. The van der Waals surface area contributed by atoms with Gasteiger partial charge in [-0.2, -0.15) is 8.78 Å². The van der Waals surface area contributed by atoms with Gasteiger partial charge < -0.3 is 14.5 Å². The Bertz CT molecular complexity index is 585. The molecule has 1 heterocycles. The molecule has 24 heavy (non-hydrogen) atoms. The summed E-state index contributed by atoms with van der Waals surface area (Å²) in [5.74, 6) is -0.118. The molecule has 0 unspecified atom stereocenters. The molecule has 1 saturated heterocycles. The molecular formula is C17H22F2N2O3. The maximum atomic E-state index is 12.6. The standard InChI is InChI=1S/C17H22F2N2O3/c1-12(2)11-15(22)20-7-9-21(10-8-20)16(23)13-5-3-4-6-14(13)24-17(18)19/h3-6,12,17H,7-11H2,1-2H3. The number of ether oxygens (including phenoxy) is 1. The highest BCUT2D eigenvalue weighted by molar-refractivity contribution is 5.97. The number of carbonyl (C=O) groups excluding carboxylic acids is 2. The van der Waals surface area contributed by atoms with E-state index in [-0.39, 0.29) is 29.0 Å². The van der Waals surface area contributed by atoms with E-state index in [4.69, 9.17) is 0 Å². The van der Waals surface area contributed by atoms with Crippen LogP contribution in [0, 0.1) is 5.92 Å². The van der Waals surface area contributed by atoms with Crippen LogP contribution in [0.3, 0.4) is 0 Å². The molecule has 0 aromatic heterocycles. The van der Waals surface area contributed by atoms with E-state index in [0.29, 0.717) is 32.6 Å². The van der Waals surface area contributed by atoms with Gasteiger partial charge in [0.15, 0.2) is 0 Å². The van der Waals surface area contributed by atoms with Crippen LogP contribution >= 0.6 is 0 Å². The van der Waals surface area contributed by atoms with Gasteiger partial charge in [-0.1, -0.05) is 26.0 Å². The van der Waals surface area contributed by atoms with E-state index in [1.54, 1.807) is 15.9 Å². The number of nitrogens with zero attached hydrogens (tertiary/aromatic N) is 2. The topological polar surface area (TPSA) is 49.9 Å². The average molecular weight is 340 g/mol. The molecule has 0 radical (unpaired) electrons. The summed E-state index contributed by atoms with van der Waals surface area (Å²) in [5.41, 5.74) is 0.111. The molecule has 5 nitrogen and oxygen atoms in total. The molecule has 1 fully saturated rings. The zero-order valence-electron chi connectivity index (χ0n) is 13.9. The van der Waals surface area contributed by atoms with Gasteiger partial charge in [-0.25, -0.2) is 0 Å². The van der Waals surface area contributed by atoms with Crippen molar-refractivity contribution in [3.63, 3.8) is 0 Å². The fraction of sp³-hybridized carbons (Fsp3) is 0.529. The number of carbonyl (C=O) groups is 2. The number of benzene rings is 1. The van der Waals surface area contributed by atoms with Crippen LogP contribution in [0.2, 0.25) is 0 Å². The highest BCUT2D eigenvalue weighted by Crippen LogP contribution is 2.22. The van der Waals surface area contributed by atoms with E-state index in [1.807, 2.05) is 13.8 Å². The number of hydrogen-bond acceptors (Lipinski definition) is 3. The van der Waals surface area contributed by atoms with Crippen molar-refractivity contribution in [2.45, 2.75) is 26.9 Å². The third kappa shape index (κ3) is 4.66. The van der Waals surface area contributed by atoms with Gasteiger partial charge in [0.05, 0.1) is 5.56 Å². The van der Waals surface area contributed by atoms with Crippen molar-refractivity contribution >= 4 is 11.8 Å². The van der Waals surface area contributed by atoms with Gasteiger partial charge in [-0.3, -0.25) is 9.59 Å². The smallest absolute Gasteiger partial charge is 0.387 e. The largest absolute Gasteiger partial charge is 0.434 e. The van der Waals surface area contributed by atoms with Crippen LogP contribution in [0.4, 0.5) is 8.78 Å². The number of piperazine rings is 1. The normalized spacial score (nSPS) is 15.1. The Kier molecular flexibility index (Phi) is 6.11. The predicted molar refractivity (Wildman–Crippen MR) is 85.0 cm³/mol. The van der Waals surface area contributed by atoms with E-state index < -0.39 is 6.61 Å². The second kappa shape index (κ2) is 8.08. The lowest BCUT2D eigenvalue weighted by Crippen LogP contribution is -2.50. The van der Waals surface area contributed by atoms with Crippen LogP contribution in [0.15, 0.2) is 24.3 Å². The fourth-order valence-electron chi connectivity index (χ4n) is 2.65. The second-order valence-corrected chi connectivity index (χ2v) is 6.15. The monoisotopic (exact) mass is 340 g/mol. The van der Waals surface area contributed by atoms with Gasteiger partial charge >= 0.3 is 6.61 Å². The third-order valence-electron chi connectivity index (χ3n) is 3.84. The average Bonchev–Trinajstić information content (AvgIpc) is 2.53. The molecule has 0 N–H and O–H groups in total. The quantitative estimate of drug-likeness (QED) is 0.828. The minimum Gasteiger partial charge on any atom is -0.434 e. The van der Waals surface area contributed by atoms with Crippen LogP contribution in [-0.4, -0.2) is 54.4 Å². The highest BCUT2D eigenvalue weighted by Gasteiger charge is 2.27. The van der Waals surface area contributed by atoms with E-state index in [9.17, 15) is 18.4 Å². The number of amides is 2. The number of halogens is 2. The Hall–Kier alpha value is -2.18. The summed E-state index contributed by atoms with van der Waals surface area (Å²) < 4.78 is 29.3. The predicted octanol–water partition coefficient (Wildman–Crippen LogP) is 2.62. The molecule has 1 aromatic rings. The molecule has 0 saturated carbocycles. The molecule has 7 heteroatoms. The van der Waals surface area contributed by atoms with E-state index in [2.05, 4.69) is 4.74 Å². The van der Waals surface area contributed by atoms with Crippen molar-refractivity contribution < 1.29 is 23.1 Å². The van der Waals surface area contributed by atoms with Crippen LogP contribution < -0.4 is 4.74 Å². The van der Waals surface area contributed by atoms with Crippen molar-refractivity contribution in [1.29, 1.82) is 0 Å². The molecule has 132 valence electrons. The molecule has 0 atom stereocenters. The second-order valence-electron chi connectivity index (χ2n) is 6.15. The Balaban J connectivity index is 1.99. The number of alkyl halides is 2. The minimum absolute atomic E-state index is 0.0820. The summed E-state index contributed by atoms with van der Waals surface area (Å²) in [6.07, 6.45) is 0.485.